The first-order valence-electron chi connectivity index (χ1n) is 39.4. The number of aromatic nitrogens is 10. The van der Waals surface area contributed by atoms with Crippen LogP contribution >= 0.6 is 0 Å². The number of nitrogens with zero attached hydrogens (tertiary/aromatic N) is 12. The normalized spacial score (nSPS) is 21.5. The number of benzene rings is 4. The molecule has 0 radical (unpaired) electrons. The molecule has 0 spiro atoms. The quantitative estimate of drug-likeness (QED) is 0.0269. The Balaban J connectivity index is 0.719. The number of ether oxygens (including phenoxy) is 1. The number of para-hydroxylation sites is 2. The van der Waals surface area contributed by atoms with Crippen molar-refractivity contribution in [3.8, 4) is 17.6 Å². The number of amides is 6. The number of carbonyl (C=O) groups excluding carboxylic acids is 6. The lowest BCUT2D eigenvalue weighted by molar-refractivity contribution is -0.142. The van der Waals surface area contributed by atoms with E-state index in [1.165, 1.54) is 32.9 Å². The van der Waals surface area contributed by atoms with Gasteiger partial charge in [-0.2, -0.15) is 36.5 Å². The smallest absolute Gasteiger partial charge is 0.433 e. The molecule has 2 saturated heterocycles. The highest BCUT2D eigenvalue weighted by molar-refractivity contribution is 6.06. The zero-order chi connectivity index (χ0) is 82.0. The van der Waals surface area contributed by atoms with Crippen LogP contribution in [0.15, 0.2) is 119 Å². The summed E-state index contributed by atoms with van der Waals surface area (Å²) in [6, 6.07) is 22.5. The number of methoxy groups -OCH3 is 1. The summed E-state index contributed by atoms with van der Waals surface area (Å²) in [6.07, 6.45) is 5.49. The van der Waals surface area contributed by atoms with Crippen molar-refractivity contribution in [1.29, 1.82) is 0 Å². The molecule has 0 bridgehead atoms. The van der Waals surface area contributed by atoms with Crippen molar-refractivity contribution < 1.29 is 65.0 Å². The average Bonchev–Trinajstić information content (AvgIpc) is 1.63. The van der Waals surface area contributed by atoms with Crippen LogP contribution in [0, 0.1) is 29.6 Å². The number of likely N-dealkylation sites (N-methyl/N-ethyl adjacent to an activating group) is 1. The zero-order valence-corrected chi connectivity index (χ0v) is 65.0. The number of piperidine rings is 2. The lowest BCUT2D eigenvalue weighted by Crippen LogP contribution is -2.52. The summed E-state index contributed by atoms with van der Waals surface area (Å²) in [4.78, 5) is 118. The second kappa shape index (κ2) is 32.1. The highest BCUT2D eigenvalue weighted by Crippen LogP contribution is 2.43. The number of rotatable bonds is 20. The molecular formula is C84H90F6N16O10. The number of aliphatic hydroxyl groups is 1. The maximum absolute atomic E-state index is 14.1. The number of carbonyl (C=O) groups is 6. The number of imidazole rings is 2. The Morgan fingerprint density at radius 1 is 0.621 bits per heavy atom. The first-order valence-corrected chi connectivity index (χ1v) is 39.4. The summed E-state index contributed by atoms with van der Waals surface area (Å²) in [5.74, 6) is 4.30. The van der Waals surface area contributed by atoms with Gasteiger partial charge in [0.25, 0.3) is 11.8 Å². The zero-order valence-electron chi connectivity index (χ0n) is 65.0. The van der Waals surface area contributed by atoms with Gasteiger partial charge >= 0.3 is 23.7 Å². The highest BCUT2D eigenvalue weighted by Gasteiger charge is 2.41. The lowest BCUT2D eigenvalue weighted by Gasteiger charge is -2.45. The number of hydrogen-bond acceptors (Lipinski definition) is 16. The average molecular weight is 1600 g/mol. The third-order valence-electron chi connectivity index (χ3n) is 24.3. The van der Waals surface area contributed by atoms with Crippen molar-refractivity contribution in [1.82, 2.24) is 68.2 Å². The van der Waals surface area contributed by atoms with Gasteiger partial charge in [-0.15, -0.1) is 0 Å². The number of nitrogens with one attached hydrogen (secondary N) is 4. The summed E-state index contributed by atoms with van der Waals surface area (Å²) < 4.78 is 97.7. The first-order chi connectivity index (χ1) is 55.3. The molecule has 3 unspecified atom stereocenters. The van der Waals surface area contributed by atoms with Gasteiger partial charge in [0.1, 0.15) is 40.6 Å². The molecule has 5 N–H and O–H groups in total. The summed E-state index contributed by atoms with van der Waals surface area (Å²) >= 11 is 0. The van der Waals surface area contributed by atoms with Crippen molar-refractivity contribution in [2.24, 2.45) is 31.8 Å². The van der Waals surface area contributed by atoms with E-state index in [0.29, 0.717) is 69.0 Å². The van der Waals surface area contributed by atoms with Gasteiger partial charge in [-0.25, -0.2) is 19.6 Å². The lowest BCUT2D eigenvalue weighted by atomic mass is 9.78. The molecule has 15 rings (SSSR count). The molecule has 5 aliphatic rings. The van der Waals surface area contributed by atoms with E-state index in [0.717, 1.165) is 119 Å². The Morgan fingerprint density at radius 2 is 1.12 bits per heavy atom. The van der Waals surface area contributed by atoms with Crippen LogP contribution in [-0.4, -0.2) is 144 Å². The Kier molecular flexibility index (Phi) is 22.1. The molecule has 6 aromatic heterocycles. The number of anilines is 2. The predicted octanol–water partition coefficient (Wildman–Crippen LogP) is 11.8. The maximum Gasteiger partial charge on any atom is 0.433 e. The number of alkyl halides is 6. The largest absolute Gasteiger partial charge is 0.494 e. The van der Waals surface area contributed by atoms with E-state index < -0.39 is 88.0 Å². The van der Waals surface area contributed by atoms with Crippen LogP contribution in [0.1, 0.15) is 190 Å². The standard InChI is InChI=1S/C84H90F6N16O10/c1-82(2,115)57-41-60-52(39-62(57)93-76(109)58-15-9-19-70(91-58)83(85,86)87)44-104(97-60)56-31-25-49(26-32-56)68(99(3)37-11-14-50-12-7-17-64-74(50)100(4)80(113)105(64)66-33-35-72(107)95-78(66)111)46-102(54-27-21-47(22-28-54)38-51-13-8-18-65-75(51)101(5)81(114)106(65)67-34-36-73(108)96-79(67)112)43-48-23-29-55(30-24-48)103-45-53-40-63(69(116-6)42-61(53)98-103)94-77(110)59-16-10-20-71(92-59)84(88,89)90/h7-10,12-13,15-20,39-42,44-45,47-49,54-56,66-68,115H,21-38,43,46H2,1-6H3,(H,93,109)(H,94,110)(H,95,107,111)(H,96,108,112). The minimum atomic E-state index is -4.79. The van der Waals surface area contributed by atoms with Gasteiger partial charge in [0.2, 0.25) is 23.6 Å². The second-order valence-electron chi connectivity index (χ2n) is 32.2. The molecule has 2 aliphatic heterocycles. The van der Waals surface area contributed by atoms with E-state index in [1.54, 1.807) is 68.9 Å². The summed E-state index contributed by atoms with van der Waals surface area (Å²) in [5, 5.41) is 33.1. The number of pyridine rings is 2. The van der Waals surface area contributed by atoms with Crippen LogP contribution in [0.3, 0.4) is 0 Å². The molecule has 26 nitrogen and oxygen atoms in total. The van der Waals surface area contributed by atoms with Crippen LogP contribution in [0.25, 0.3) is 43.9 Å². The molecule has 3 atom stereocenters. The summed E-state index contributed by atoms with van der Waals surface area (Å²) in [6.45, 7) is 4.89. The fraction of sp³-hybridized carbons (Fsp3) is 0.452. The van der Waals surface area contributed by atoms with Gasteiger partial charge in [0, 0.05) is 92.6 Å². The Bertz CT molecular complexity index is 5710. The van der Waals surface area contributed by atoms with Gasteiger partial charge in [0.05, 0.1) is 75.7 Å². The molecule has 8 heterocycles. The molecule has 608 valence electrons. The molecule has 6 amide bonds. The highest BCUT2D eigenvalue weighted by atomic mass is 19.4. The van der Waals surface area contributed by atoms with Crippen molar-refractivity contribution in [2.75, 3.05) is 44.4 Å². The maximum atomic E-state index is 14.1. The number of imide groups is 2. The van der Waals surface area contributed by atoms with Crippen LogP contribution < -0.4 is 37.4 Å². The minimum Gasteiger partial charge on any atom is -0.494 e. The van der Waals surface area contributed by atoms with Gasteiger partial charge in [-0.05, 0) is 201 Å². The van der Waals surface area contributed by atoms with E-state index in [1.807, 2.05) is 40.0 Å². The fourth-order valence-electron chi connectivity index (χ4n) is 18.2. The van der Waals surface area contributed by atoms with E-state index in [2.05, 4.69) is 66.0 Å². The predicted molar refractivity (Wildman–Crippen MR) is 419 cm³/mol. The number of hydrogen-bond donors (Lipinski definition) is 5. The Labute approximate surface area is 661 Å². The fourth-order valence-corrected chi connectivity index (χ4v) is 18.2. The van der Waals surface area contributed by atoms with E-state index in [9.17, 15) is 69.8 Å². The Morgan fingerprint density at radius 3 is 1.66 bits per heavy atom. The first kappa shape index (κ1) is 79.9. The number of fused-ring (bicyclic) bond motifs is 4. The molecule has 3 aliphatic carbocycles. The van der Waals surface area contributed by atoms with Crippen LogP contribution in [0.5, 0.6) is 5.75 Å². The van der Waals surface area contributed by atoms with Gasteiger partial charge in [-0.3, -0.25) is 76.8 Å². The van der Waals surface area contributed by atoms with Gasteiger partial charge in [-0.1, -0.05) is 42.2 Å². The Hall–Kier alpha value is -11.3. The third kappa shape index (κ3) is 16.4. The topological polar surface area (TPSA) is 302 Å². The molecule has 116 heavy (non-hydrogen) atoms. The molecule has 4 aromatic carbocycles. The molecule has 10 aromatic rings. The van der Waals surface area contributed by atoms with E-state index in [4.69, 9.17) is 14.9 Å². The van der Waals surface area contributed by atoms with Crippen molar-refractivity contribution in [3.63, 3.8) is 0 Å². The molecule has 5 fully saturated rings. The van der Waals surface area contributed by atoms with Crippen molar-refractivity contribution in [2.45, 2.75) is 177 Å². The molecular weight excluding hydrogens is 1510 g/mol. The van der Waals surface area contributed by atoms with Crippen LogP contribution in [0.2, 0.25) is 0 Å². The SMILES string of the molecule is COc1cc2nn(C3CCC(CN(CC(C4CCC(n5cc6cc(NC(=O)c7cccc(C(F)(F)F)n7)c(C(C)(C)O)cc6n5)CC4)N(C)CC#Cc4cccc5c4n(C)c(=O)n5C4CCC(=O)NC4=O)C4CCC(Cc5cccc6c5n(C)c(=O)n6C5CCC(=O)NC5=O)CC4)CC3)cc2cc1NC(=O)c1cccc(C(F)(F)F)n1. The summed E-state index contributed by atoms with van der Waals surface area (Å²) in [7, 11) is 6.91. The second-order valence-corrected chi connectivity index (χ2v) is 32.2. The van der Waals surface area contributed by atoms with E-state index in [-0.39, 0.29) is 96.3 Å². The number of aryl methyl sites for hydroxylation is 2. The van der Waals surface area contributed by atoms with E-state index >= 15 is 0 Å². The summed E-state index contributed by atoms with van der Waals surface area (Å²) in [5.41, 5.74) is 0.376. The third-order valence-corrected chi connectivity index (χ3v) is 24.3. The van der Waals surface area contributed by atoms with Gasteiger partial charge < -0.3 is 20.5 Å². The molecule has 3 saturated carbocycles. The van der Waals surface area contributed by atoms with Crippen LogP contribution in [0.4, 0.5) is 37.7 Å². The van der Waals surface area contributed by atoms with Crippen molar-refractivity contribution >= 4 is 90.7 Å². The van der Waals surface area contributed by atoms with Crippen molar-refractivity contribution in [3.05, 3.63) is 170 Å². The minimum absolute atomic E-state index is 0.0112. The number of halogens is 6. The van der Waals surface area contributed by atoms with Crippen LogP contribution in [-0.2, 0) is 57.6 Å². The van der Waals surface area contributed by atoms with Gasteiger partial charge in [0.15, 0.2) is 0 Å². The monoisotopic (exact) mass is 1600 g/mol. The molecule has 32 heteroatoms.